The van der Waals surface area contributed by atoms with Crippen LogP contribution < -0.4 is 5.63 Å². The van der Waals surface area contributed by atoms with Crippen LogP contribution in [0.5, 0.6) is 5.75 Å². The van der Waals surface area contributed by atoms with E-state index < -0.39 is 11.4 Å². The van der Waals surface area contributed by atoms with E-state index >= 15 is 0 Å². The highest BCUT2D eigenvalue weighted by molar-refractivity contribution is 6.30. The summed E-state index contributed by atoms with van der Waals surface area (Å²) in [6.45, 7) is 0. The number of H-pyrrole nitrogens is 1. The van der Waals surface area contributed by atoms with Gasteiger partial charge in [0, 0.05) is 0 Å². The molecule has 0 saturated heterocycles. The molecule has 0 aromatic carbocycles. The topological polar surface area (TPSA) is 66.2 Å². The van der Waals surface area contributed by atoms with Gasteiger partial charge in [-0.2, -0.15) is 0 Å². The van der Waals surface area contributed by atoms with Gasteiger partial charge in [-0.25, -0.2) is 9.95 Å². The van der Waals surface area contributed by atoms with Crippen LogP contribution in [0.3, 0.4) is 0 Å². The van der Waals surface area contributed by atoms with Crippen LogP contribution in [-0.2, 0) is 0 Å². The molecule has 0 fully saturated rings. The smallest absolute Gasteiger partial charge is 0.400 e. The second kappa shape index (κ2) is 1.56. The zero-order valence-electron chi connectivity index (χ0n) is 3.64. The van der Waals surface area contributed by atoms with Gasteiger partial charge in [-0.05, 0) is 0 Å². The van der Waals surface area contributed by atoms with Crippen LogP contribution in [0.1, 0.15) is 0 Å². The Balaban J connectivity index is 3.41. The Labute approximate surface area is 48.7 Å². The molecule has 1 rings (SSSR count). The van der Waals surface area contributed by atoms with Crippen molar-refractivity contribution in [2.75, 3.05) is 0 Å². The van der Waals surface area contributed by atoms with Crippen LogP contribution >= 0.6 is 11.6 Å². The summed E-state index contributed by atoms with van der Waals surface area (Å²) >= 11 is 5.13. The van der Waals surface area contributed by atoms with Gasteiger partial charge in [-0.3, -0.25) is 0 Å². The number of aromatic nitrogens is 1. The van der Waals surface area contributed by atoms with Gasteiger partial charge in [0.05, 0.1) is 0 Å². The van der Waals surface area contributed by atoms with Crippen molar-refractivity contribution in [1.82, 2.24) is 5.16 Å². The molecule has 4 nitrogen and oxygen atoms in total. The van der Waals surface area contributed by atoms with E-state index in [9.17, 15) is 4.79 Å². The third kappa shape index (κ3) is 0.586. The Bertz CT molecular complexity index is 237. The van der Waals surface area contributed by atoms with Gasteiger partial charge >= 0.3 is 5.63 Å². The van der Waals surface area contributed by atoms with Crippen LogP contribution in [0.15, 0.2) is 9.32 Å². The van der Waals surface area contributed by atoms with Crippen molar-refractivity contribution in [2.24, 2.45) is 0 Å². The fraction of sp³-hybridized carbons (Fsp3) is 0. The van der Waals surface area contributed by atoms with Gasteiger partial charge in [0.15, 0.2) is 5.15 Å². The molecular weight excluding hydrogens is 133 g/mol. The van der Waals surface area contributed by atoms with E-state index in [0.717, 1.165) is 0 Å². The number of nitrogens with one attached hydrogen (secondary N) is 1. The summed E-state index contributed by atoms with van der Waals surface area (Å²) in [6.07, 6.45) is 0. The highest BCUT2D eigenvalue weighted by Crippen LogP contribution is 2.13. The number of aromatic amines is 1. The third-order valence-electron chi connectivity index (χ3n) is 0.635. The van der Waals surface area contributed by atoms with Crippen LogP contribution in [0.2, 0.25) is 5.15 Å². The molecule has 8 heavy (non-hydrogen) atoms. The second-order valence-corrected chi connectivity index (χ2v) is 1.53. The Hall–Kier alpha value is -0.900. The van der Waals surface area contributed by atoms with E-state index in [1.165, 1.54) is 0 Å². The highest BCUT2D eigenvalue weighted by atomic mass is 35.5. The van der Waals surface area contributed by atoms with E-state index in [2.05, 4.69) is 4.52 Å². The van der Waals surface area contributed by atoms with Crippen molar-refractivity contribution >= 4 is 11.6 Å². The summed E-state index contributed by atoms with van der Waals surface area (Å²) in [5, 5.41) is 10.3. The van der Waals surface area contributed by atoms with Gasteiger partial charge in [0.2, 0.25) is 5.75 Å². The van der Waals surface area contributed by atoms with Gasteiger partial charge in [0.25, 0.3) is 0 Å². The standard InChI is InChI=1S/C3H2ClNO3/c4-2-1(6)3(7)8-5-2/h5-6H. The lowest BCUT2D eigenvalue weighted by atomic mass is 10.7. The third-order valence-corrected chi connectivity index (χ3v) is 0.891. The SMILES string of the molecule is O=c1o[nH]c(Cl)c1O. The predicted octanol–water partition coefficient (Wildman–Crippen LogP) is 0.327. The molecule has 0 bridgehead atoms. The highest BCUT2D eigenvalue weighted by Gasteiger charge is 2.04. The lowest BCUT2D eigenvalue weighted by molar-refractivity contribution is 0.377. The van der Waals surface area contributed by atoms with Crippen molar-refractivity contribution in [1.29, 1.82) is 0 Å². The van der Waals surface area contributed by atoms with E-state index in [1.807, 2.05) is 5.16 Å². The molecule has 2 N–H and O–H groups in total. The lowest BCUT2D eigenvalue weighted by Gasteiger charge is -1.72. The van der Waals surface area contributed by atoms with Crippen molar-refractivity contribution < 1.29 is 9.63 Å². The van der Waals surface area contributed by atoms with Gasteiger partial charge in [-0.1, -0.05) is 11.6 Å². The maximum atomic E-state index is 10.1. The number of hydrogen-bond donors (Lipinski definition) is 2. The second-order valence-electron chi connectivity index (χ2n) is 1.15. The molecule has 0 aliphatic carbocycles. The first kappa shape index (κ1) is 5.24. The molecule has 0 radical (unpaired) electrons. The zero-order chi connectivity index (χ0) is 6.15. The minimum Gasteiger partial charge on any atom is -0.500 e. The molecule has 0 aliphatic rings. The monoisotopic (exact) mass is 135 g/mol. The zero-order valence-corrected chi connectivity index (χ0v) is 4.40. The molecule has 0 spiro atoms. The fourth-order valence-electron chi connectivity index (χ4n) is 0.277. The summed E-state index contributed by atoms with van der Waals surface area (Å²) in [6, 6.07) is 0. The summed E-state index contributed by atoms with van der Waals surface area (Å²) in [5.74, 6) is -0.577. The maximum Gasteiger partial charge on any atom is 0.400 e. The molecule has 44 valence electrons. The number of hydrogen-bond acceptors (Lipinski definition) is 3. The van der Waals surface area contributed by atoms with Gasteiger partial charge in [-0.15, -0.1) is 0 Å². The molecule has 0 amide bonds. The minimum atomic E-state index is -0.852. The molecule has 1 aromatic heterocycles. The first-order chi connectivity index (χ1) is 3.72. The first-order valence-corrected chi connectivity index (χ1v) is 2.15. The largest absolute Gasteiger partial charge is 0.500 e. The fourth-order valence-corrected chi connectivity index (χ4v) is 0.393. The van der Waals surface area contributed by atoms with E-state index in [1.54, 1.807) is 0 Å². The van der Waals surface area contributed by atoms with Crippen LogP contribution in [0.25, 0.3) is 0 Å². The van der Waals surface area contributed by atoms with E-state index in [-0.39, 0.29) is 5.15 Å². The molecule has 1 heterocycles. The summed E-state index contributed by atoms with van der Waals surface area (Å²) in [7, 11) is 0. The van der Waals surface area contributed by atoms with Crippen LogP contribution in [0.4, 0.5) is 0 Å². The average Bonchev–Trinajstić information content (AvgIpc) is 1.98. The minimum absolute atomic E-state index is 0.171. The Morgan fingerprint density at radius 2 is 2.38 bits per heavy atom. The van der Waals surface area contributed by atoms with Crippen LogP contribution in [-0.4, -0.2) is 10.3 Å². The summed E-state index contributed by atoms with van der Waals surface area (Å²) in [5.41, 5.74) is -0.852. The van der Waals surface area contributed by atoms with Crippen molar-refractivity contribution in [3.8, 4) is 5.75 Å². The van der Waals surface area contributed by atoms with Crippen LogP contribution in [0, 0.1) is 0 Å². The molecule has 5 heteroatoms. The molecule has 0 atom stereocenters. The molecule has 1 aromatic rings. The molecule has 0 aliphatic heterocycles. The van der Waals surface area contributed by atoms with Crippen molar-refractivity contribution in [3.63, 3.8) is 0 Å². The average molecular weight is 136 g/mol. The number of rotatable bonds is 0. The van der Waals surface area contributed by atoms with Gasteiger partial charge in [0.1, 0.15) is 0 Å². The summed E-state index contributed by atoms with van der Waals surface area (Å²) in [4.78, 5) is 10.1. The molecule has 0 saturated carbocycles. The van der Waals surface area contributed by atoms with Crippen molar-refractivity contribution in [2.45, 2.75) is 0 Å². The summed E-state index contributed by atoms with van der Waals surface area (Å²) < 4.78 is 4.03. The quantitative estimate of drug-likeness (QED) is 0.539. The molecular formula is C3H2ClNO3. The first-order valence-electron chi connectivity index (χ1n) is 1.77. The van der Waals surface area contributed by atoms with Crippen molar-refractivity contribution in [3.05, 3.63) is 15.6 Å². The Kier molecular flexibility index (Phi) is 1.02. The maximum absolute atomic E-state index is 10.1. The van der Waals surface area contributed by atoms with Gasteiger partial charge < -0.3 is 9.63 Å². The lowest BCUT2D eigenvalue weighted by Crippen LogP contribution is -1.88. The number of halogens is 1. The van der Waals surface area contributed by atoms with E-state index in [0.29, 0.717) is 0 Å². The number of aromatic hydroxyl groups is 1. The molecule has 0 unspecified atom stereocenters. The normalized spacial score (nSPS) is 9.62. The Morgan fingerprint density at radius 3 is 2.50 bits per heavy atom. The Morgan fingerprint density at radius 1 is 1.75 bits per heavy atom. The van der Waals surface area contributed by atoms with E-state index in [4.69, 9.17) is 16.7 Å². The predicted molar refractivity (Wildman–Crippen MR) is 26.0 cm³/mol.